The van der Waals surface area contributed by atoms with Crippen LogP contribution in [0.2, 0.25) is 0 Å². The third-order valence-corrected chi connectivity index (χ3v) is 9.48. The van der Waals surface area contributed by atoms with Gasteiger partial charge in [0, 0.05) is 19.3 Å². The molecule has 2 unspecified atom stereocenters. The minimum absolute atomic E-state index is 0.0240. The standard InChI is InChI=1S/C51H83NO7/c1-6-8-10-12-14-16-18-20-21-22-23-24-25-26-27-28-30-32-34-36-38-40-42-50(54)59-47(45-57-44-43-48(51(55)56)52(3,4)5)46-58-49(53)41-39-37-35-33-31-29-19-17-15-13-11-9-7-2/h8,10,14,16,20-21,23-24,26-27,29-32,35,37,47-48H,6-7,9,11-13,15,17-19,22,25,28,33-34,36,38-46H2,1-5H3/p+1/b10-8+,16-14+,21-20+,24-23+,27-26+,31-29+,32-30+,37-35+. The van der Waals surface area contributed by atoms with E-state index in [9.17, 15) is 19.5 Å². The van der Waals surface area contributed by atoms with Crippen molar-refractivity contribution < 1.29 is 38.2 Å². The zero-order valence-corrected chi connectivity index (χ0v) is 37.9. The first-order valence-electron chi connectivity index (χ1n) is 22.8. The second-order valence-corrected chi connectivity index (χ2v) is 15.9. The summed E-state index contributed by atoms with van der Waals surface area (Å²) in [7, 11) is 5.49. The van der Waals surface area contributed by atoms with Crippen LogP contribution in [0.3, 0.4) is 0 Å². The molecule has 0 aromatic heterocycles. The molecule has 8 nitrogen and oxygen atoms in total. The van der Waals surface area contributed by atoms with Crippen molar-refractivity contribution in [1.29, 1.82) is 0 Å². The van der Waals surface area contributed by atoms with Gasteiger partial charge in [-0.3, -0.25) is 9.59 Å². The van der Waals surface area contributed by atoms with Crippen molar-refractivity contribution in [2.45, 2.75) is 167 Å². The van der Waals surface area contributed by atoms with Gasteiger partial charge in [-0.05, 0) is 83.5 Å². The lowest BCUT2D eigenvalue weighted by Crippen LogP contribution is -2.50. The van der Waals surface area contributed by atoms with Crippen molar-refractivity contribution in [3.8, 4) is 0 Å². The van der Waals surface area contributed by atoms with Crippen LogP contribution in [0.4, 0.5) is 0 Å². The molecule has 0 spiro atoms. The number of ether oxygens (including phenoxy) is 3. The first-order valence-corrected chi connectivity index (χ1v) is 22.8. The monoisotopic (exact) mass is 823 g/mol. The quantitative estimate of drug-likeness (QED) is 0.0285. The van der Waals surface area contributed by atoms with Gasteiger partial charge in [-0.15, -0.1) is 0 Å². The summed E-state index contributed by atoms with van der Waals surface area (Å²) in [6.07, 6.45) is 54.7. The number of hydrogen-bond donors (Lipinski definition) is 1. The SMILES string of the molecule is CC/C=C/C/C=C/C/C=C/C/C=C/C/C=C/C/C=C/CCCCCC(=O)OC(COCCC(C(=O)O)[N+](C)(C)C)COC(=O)CC/C=C/C/C=C/CCCCCCCC. The lowest BCUT2D eigenvalue weighted by Gasteiger charge is -2.31. The molecule has 0 heterocycles. The van der Waals surface area contributed by atoms with E-state index in [1.807, 2.05) is 27.2 Å². The predicted molar refractivity (Wildman–Crippen MR) is 247 cm³/mol. The number of carboxylic acid groups (broad SMARTS) is 1. The van der Waals surface area contributed by atoms with E-state index >= 15 is 0 Å². The number of quaternary nitrogens is 1. The van der Waals surface area contributed by atoms with Crippen LogP contribution in [0.15, 0.2) is 97.2 Å². The number of carboxylic acids is 1. The molecule has 0 aromatic carbocycles. The summed E-state index contributed by atoms with van der Waals surface area (Å²) in [6.45, 7) is 4.49. The van der Waals surface area contributed by atoms with E-state index in [0.717, 1.165) is 70.6 Å². The molecule has 0 bridgehead atoms. The van der Waals surface area contributed by atoms with Crippen LogP contribution in [0.25, 0.3) is 0 Å². The Morgan fingerprint density at radius 3 is 1.47 bits per heavy atom. The highest BCUT2D eigenvalue weighted by Gasteiger charge is 2.31. The Morgan fingerprint density at radius 2 is 0.983 bits per heavy atom. The molecule has 0 aliphatic rings. The molecule has 334 valence electrons. The number of rotatable bonds is 39. The summed E-state index contributed by atoms with van der Waals surface area (Å²) in [6, 6.07) is -0.634. The Morgan fingerprint density at radius 1 is 0.525 bits per heavy atom. The van der Waals surface area contributed by atoms with Gasteiger partial charge in [0.2, 0.25) is 0 Å². The number of hydrogen-bond acceptors (Lipinski definition) is 6. The molecule has 59 heavy (non-hydrogen) atoms. The Hall–Kier alpha value is -3.75. The number of unbranched alkanes of at least 4 members (excludes halogenated alkanes) is 9. The molecule has 0 fully saturated rings. The van der Waals surface area contributed by atoms with Crippen molar-refractivity contribution in [2.75, 3.05) is 41.0 Å². The van der Waals surface area contributed by atoms with Gasteiger partial charge in [0.25, 0.3) is 0 Å². The molecular formula is C51H84NO7+. The van der Waals surface area contributed by atoms with Crippen LogP contribution >= 0.6 is 0 Å². The van der Waals surface area contributed by atoms with E-state index in [1.165, 1.54) is 38.5 Å². The summed E-state index contributed by atoms with van der Waals surface area (Å²) >= 11 is 0. The minimum Gasteiger partial charge on any atom is -0.477 e. The maximum absolute atomic E-state index is 12.7. The molecule has 2 atom stereocenters. The minimum atomic E-state index is -0.892. The smallest absolute Gasteiger partial charge is 0.362 e. The van der Waals surface area contributed by atoms with E-state index in [1.54, 1.807) is 0 Å². The first kappa shape index (κ1) is 55.2. The van der Waals surface area contributed by atoms with E-state index in [0.29, 0.717) is 19.3 Å². The Bertz CT molecular complexity index is 1280. The maximum atomic E-state index is 12.7. The highest BCUT2D eigenvalue weighted by Crippen LogP contribution is 2.11. The van der Waals surface area contributed by atoms with Crippen molar-refractivity contribution in [2.24, 2.45) is 0 Å². The summed E-state index contributed by atoms with van der Waals surface area (Å²) in [5.74, 6) is -1.61. The lowest BCUT2D eigenvalue weighted by molar-refractivity contribution is -0.887. The van der Waals surface area contributed by atoms with E-state index in [-0.39, 0.29) is 49.1 Å². The molecule has 0 amide bonds. The largest absolute Gasteiger partial charge is 0.477 e. The molecule has 0 aliphatic carbocycles. The van der Waals surface area contributed by atoms with Crippen molar-refractivity contribution >= 4 is 17.9 Å². The van der Waals surface area contributed by atoms with Gasteiger partial charge in [0.1, 0.15) is 6.61 Å². The van der Waals surface area contributed by atoms with Gasteiger partial charge in [0.05, 0.1) is 34.4 Å². The Kier molecular flexibility index (Phi) is 38.4. The Balaban J connectivity index is 4.47. The molecule has 1 N–H and O–H groups in total. The zero-order valence-electron chi connectivity index (χ0n) is 37.9. The van der Waals surface area contributed by atoms with Crippen molar-refractivity contribution in [1.82, 2.24) is 0 Å². The summed E-state index contributed by atoms with van der Waals surface area (Å²) in [5, 5.41) is 9.62. The number of esters is 2. The molecular weight excluding hydrogens is 739 g/mol. The predicted octanol–water partition coefficient (Wildman–Crippen LogP) is 12.7. The van der Waals surface area contributed by atoms with Gasteiger partial charge in [-0.25, -0.2) is 4.79 Å². The van der Waals surface area contributed by atoms with Crippen LogP contribution < -0.4 is 0 Å². The average molecular weight is 823 g/mol. The number of aliphatic carboxylic acids is 1. The molecule has 0 radical (unpaired) electrons. The molecule has 0 rings (SSSR count). The number of likely N-dealkylation sites (N-methyl/N-ethyl adjacent to an activating group) is 1. The topological polar surface area (TPSA) is 99.1 Å². The lowest BCUT2D eigenvalue weighted by atomic mass is 10.1. The summed E-state index contributed by atoms with van der Waals surface area (Å²) < 4.78 is 17.2. The number of nitrogens with zero attached hydrogens (tertiary/aromatic N) is 1. The molecule has 0 saturated heterocycles. The zero-order chi connectivity index (χ0) is 43.5. The highest BCUT2D eigenvalue weighted by atomic mass is 16.6. The van der Waals surface area contributed by atoms with Crippen LogP contribution in [-0.2, 0) is 28.6 Å². The number of carbonyl (C=O) groups is 3. The molecule has 8 heteroatoms. The van der Waals surface area contributed by atoms with Gasteiger partial charge in [-0.1, -0.05) is 150 Å². The number of allylic oxidation sites excluding steroid dienone is 16. The second kappa shape index (κ2) is 41.0. The number of carbonyl (C=O) groups excluding carboxylic acids is 2. The highest BCUT2D eigenvalue weighted by molar-refractivity contribution is 5.72. The normalized spacial score (nSPS) is 13.8. The van der Waals surface area contributed by atoms with Crippen molar-refractivity contribution in [3.63, 3.8) is 0 Å². The fraction of sp³-hybridized carbons (Fsp3) is 0.627. The Labute approximate surface area is 360 Å². The van der Waals surface area contributed by atoms with Crippen LogP contribution in [0.5, 0.6) is 0 Å². The second-order valence-electron chi connectivity index (χ2n) is 15.9. The summed E-state index contributed by atoms with van der Waals surface area (Å²) in [4.78, 5) is 36.9. The van der Waals surface area contributed by atoms with Crippen LogP contribution in [0, 0.1) is 0 Å². The fourth-order valence-electron chi connectivity index (χ4n) is 5.97. The van der Waals surface area contributed by atoms with Gasteiger partial charge in [-0.2, -0.15) is 0 Å². The van der Waals surface area contributed by atoms with E-state index < -0.39 is 18.1 Å². The summed E-state index contributed by atoms with van der Waals surface area (Å²) in [5.41, 5.74) is 0. The van der Waals surface area contributed by atoms with Gasteiger partial charge in [0.15, 0.2) is 12.1 Å². The third kappa shape index (κ3) is 39.5. The maximum Gasteiger partial charge on any atom is 0.362 e. The first-order chi connectivity index (χ1) is 28.6. The van der Waals surface area contributed by atoms with E-state index in [4.69, 9.17) is 14.2 Å². The molecule has 0 aliphatic heterocycles. The van der Waals surface area contributed by atoms with Crippen molar-refractivity contribution in [3.05, 3.63) is 97.2 Å². The van der Waals surface area contributed by atoms with E-state index in [2.05, 4.69) is 105 Å². The van der Waals surface area contributed by atoms with Crippen LogP contribution in [-0.4, -0.2) is 80.6 Å². The van der Waals surface area contributed by atoms with Gasteiger partial charge < -0.3 is 23.8 Å². The molecule has 0 saturated carbocycles. The third-order valence-electron chi connectivity index (χ3n) is 9.48. The molecule has 0 aromatic rings. The average Bonchev–Trinajstić information content (AvgIpc) is 3.19. The van der Waals surface area contributed by atoms with Crippen LogP contribution in [0.1, 0.15) is 155 Å². The fourth-order valence-corrected chi connectivity index (χ4v) is 5.97. The van der Waals surface area contributed by atoms with Gasteiger partial charge >= 0.3 is 17.9 Å².